The predicted octanol–water partition coefficient (Wildman–Crippen LogP) is 1.69. The molecule has 0 saturated carbocycles. The van der Waals surface area contributed by atoms with Crippen LogP contribution >= 0.6 is 0 Å². The van der Waals surface area contributed by atoms with Crippen LogP contribution in [0.3, 0.4) is 0 Å². The molecule has 0 aromatic rings. The summed E-state index contributed by atoms with van der Waals surface area (Å²) in [5, 5.41) is 0. The summed E-state index contributed by atoms with van der Waals surface area (Å²) in [5.74, 6) is 0. The Balaban J connectivity index is -0.0000000369. The second-order valence-electron chi connectivity index (χ2n) is 2.14. The number of nitrogens with two attached hydrogens (primary N) is 1. The van der Waals surface area contributed by atoms with Crippen molar-refractivity contribution in [3.05, 3.63) is 6.92 Å². The van der Waals surface area contributed by atoms with E-state index in [-0.39, 0.29) is 21.7 Å². The van der Waals surface area contributed by atoms with Crippen LogP contribution in [0.25, 0.3) is 0 Å². The third-order valence-corrected chi connectivity index (χ3v) is 0.637. The first kappa shape index (κ1) is 30.1. The molecule has 0 heterocycles. The summed E-state index contributed by atoms with van der Waals surface area (Å²) >= 11 is 0. The molecule has 17 heavy (non-hydrogen) atoms. The van der Waals surface area contributed by atoms with Gasteiger partial charge in [0, 0.05) is 0 Å². The van der Waals surface area contributed by atoms with E-state index in [4.69, 9.17) is 20.1 Å². The molecule has 0 fully saturated rings. The molecule has 0 aliphatic heterocycles. The Labute approximate surface area is 121 Å². The smallest absolute Gasteiger partial charge is 0.542 e. The van der Waals surface area contributed by atoms with Crippen molar-refractivity contribution < 1.29 is 36.1 Å². The van der Waals surface area contributed by atoms with Crippen molar-refractivity contribution in [1.29, 1.82) is 0 Å². The quantitative estimate of drug-likeness (QED) is 0.626. The second kappa shape index (κ2) is 57.3. The zero-order valence-corrected chi connectivity index (χ0v) is 12.6. The van der Waals surface area contributed by atoms with Gasteiger partial charge in [-0.3, -0.25) is 18.9 Å². The van der Waals surface area contributed by atoms with Gasteiger partial charge in [-0.2, -0.15) is 25.7 Å². The number of carbonyl (C=O) groups excluding carboxylic acids is 3. The van der Waals surface area contributed by atoms with E-state index in [0.29, 0.717) is 25.8 Å². The zero-order chi connectivity index (χ0) is 13.7. The normalized spacial score (nSPS) is 6.18. The van der Waals surface area contributed by atoms with Crippen molar-refractivity contribution in [3.8, 4) is 0 Å². The predicted molar refractivity (Wildman–Crippen MR) is 67.0 cm³/mol. The van der Waals surface area contributed by atoms with Gasteiger partial charge in [-0.25, -0.2) is 0 Å². The van der Waals surface area contributed by atoms with Crippen LogP contribution in [-0.2, 0) is 36.1 Å². The molecule has 0 aromatic heterocycles. The van der Waals surface area contributed by atoms with Crippen LogP contribution in [0.2, 0.25) is 0 Å². The first-order chi connectivity index (χ1) is 7.66. The van der Waals surface area contributed by atoms with Crippen LogP contribution in [-0.4, -0.2) is 25.4 Å². The van der Waals surface area contributed by atoms with Crippen LogP contribution in [0.15, 0.2) is 0 Å². The van der Waals surface area contributed by atoms with Gasteiger partial charge in [-0.15, -0.1) is 0 Å². The van der Waals surface area contributed by atoms with Crippen molar-refractivity contribution >= 4 is 18.9 Å². The van der Waals surface area contributed by atoms with E-state index < -0.39 is 0 Å². The molecule has 0 unspecified atom stereocenters. The van der Waals surface area contributed by atoms with Crippen molar-refractivity contribution in [3.63, 3.8) is 0 Å². The molecule has 5 heteroatoms. The summed E-state index contributed by atoms with van der Waals surface area (Å²) in [4.78, 5) is 27.1. The van der Waals surface area contributed by atoms with E-state index in [1.807, 2.05) is 0 Å². The van der Waals surface area contributed by atoms with E-state index in [1.165, 1.54) is 0 Å². The molecule has 0 amide bonds. The SMILES string of the molecule is CC[C-]=O.CC[C-]=O.CC[C-]=O.[CH2-]CCN.[Ti+4]. The van der Waals surface area contributed by atoms with Crippen LogP contribution in [0.4, 0.5) is 0 Å². The fourth-order valence-electron chi connectivity index (χ4n) is 0. The van der Waals surface area contributed by atoms with Crippen LogP contribution in [0, 0.1) is 6.92 Å². The van der Waals surface area contributed by atoms with Gasteiger partial charge in [0.15, 0.2) is 0 Å². The fourth-order valence-corrected chi connectivity index (χ4v) is 0. The van der Waals surface area contributed by atoms with Crippen molar-refractivity contribution in [1.82, 2.24) is 0 Å². The first-order valence-electron chi connectivity index (χ1n) is 5.20. The van der Waals surface area contributed by atoms with Gasteiger partial charge in [0.1, 0.15) is 0 Å². The first-order valence-corrected chi connectivity index (χ1v) is 5.20. The second-order valence-corrected chi connectivity index (χ2v) is 2.14. The standard InChI is InChI=1S/C3H8N.3C3H5O.Ti/c4*1-2-3-4;/h1-4H2;3*2H2,1H3;/q4*-1;+4. The van der Waals surface area contributed by atoms with Gasteiger partial charge in [-0.05, 0) is 6.54 Å². The summed E-state index contributed by atoms with van der Waals surface area (Å²) < 4.78 is 0. The molecule has 98 valence electrons. The van der Waals surface area contributed by atoms with Gasteiger partial charge >= 0.3 is 21.7 Å². The molecule has 0 atom stereocenters. The largest absolute Gasteiger partial charge is 4.00 e. The molecule has 0 aliphatic carbocycles. The third kappa shape index (κ3) is 216. The Morgan fingerprint density at radius 2 is 1.00 bits per heavy atom. The van der Waals surface area contributed by atoms with Gasteiger partial charge in [0.25, 0.3) is 0 Å². The summed E-state index contributed by atoms with van der Waals surface area (Å²) in [6.07, 6.45) is 7.43. The molecule has 0 bridgehead atoms. The molecule has 0 rings (SSSR count). The molecule has 4 nitrogen and oxygen atoms in total. The molecule has 2 N–H and O–H groups in total. The fraction of sp³-hybridized carbons (Fsp3) is 0.667. The molecular weight excluding hydrogens is 254 g/mol. The Bertz CT molecular complexity index is 101. The maximum absolute atomic E-state index is 9.05. The summed E-state index contributed by atoms with van der Waals surface area (Å²) in [6, 6.07) is 0. The molecule has 0 saturated heterocycles. The minimum atomic E-state index is 0. The van der Waals surface area contributed by atoms with E-state index in [2.05, 4.69) is 6.92 Å². The summed E-state index contributed by atoms with van der Waals surface area (Å²) in [5.41, 5.74) is 4.97. The van der Waals surface area contributed by atoms with Crippen LogP contribution in [0.1, 0.15) is 46.5 Å². The van der Waals surface area contributed by atoms with E-state index in [0.717, 1.165) is 6.42 Å². The maximum atomic E-state index is 9.05. The van der Waals surface area contributed by atoms with Crippen LogP contribution < -0.4 is 5.73 Å². The Morgan fingerprint density at radius 1 is 0.882 bits per heavy atom. The monoisotopic (exact) mass is 277 g/mol. The zero-order valence-electron chi connectivity index (χ0n) is 11.0. The van der Waals surface area contributed by atoms with Crippen molar-refractivity contribution in [2.45, 2.75) is 46.5 Å². The number of hydrogen-bond acceptors (Lipinski definition) is 4. The van der Waals surface area contributed by atoms with Gasteiger partial charge < -0.3 is 27.0 Å². The minimum absolute atomic E-state index is 0. The molecule has 0 aliphatic rings. The maximum Gasteiger partial charge on any atom is 4.00 e. The van der Waals surface area contributed by atoms with E-state index in [9.17, 15) is 0 Å². The molecule has 0 spiro atoms. The number of rotatable bonds is 4. The summed E-state index contributed by atoms with van der Waals surface area (Å²) in [6.45, 7) is 9.46. The van der Waals surface area contributed by atoms with Gasteiger partial charge in [-0.1, -0.05) is 20.8 Å². The Hall–Kier alpha value is -0.316. The Kier molecular flexibility index (Phi) is 101. The average molecular weight is 277 g/mol. The molecular formula is C12H23NO3Ti. The van der Waals surface area contributed by atoms with E-state index >= 15 is 0 Å². The average Bonchev–Trinajstić information content (AvgIpc) is 2.39. The third-order valence-electron chi connectivity index (χ3n) is 0.637. The molecule has 0 aromatic carbocycles. The minimum Gasteiger partial charge on any atom is -0.542 e. The van der Waals surface area contributed by atoms with Gasteiger partial charge in [0.2, 0.25) is 0 Å². The van der Waals surface area contributed by atoms with Crippen molar-refractivity contribution in [2.75, 3.05) is 6.54 Å². The summed E-state index contributed by atoms with van der Waals surface area (Å²) in [7, 11) is 0. The van der Waals surface area contributed by atoms with Crippen LogP contribution in [0.5, 0.6) is 0 Å². The number of hydrogen-bond donors (Lipinski definition) is 1. The Morgan fingerprint density at radius 3 is 1.00 bits per heavy atom. The topological polar surface area (TPSA) is 77.2 Å². The van der Waals surface area contributed by atoms with E-state index in [1.54, 1.807) is 39.6 Å². The van der Waals surface area contributed by atoms with Gasteiger partial charge in [0.05, 0.1) is 0 Å². The van der Waals surface area contributed by atoms with Crippen molar-refractivity contribution in [2.24, 2.45) is 5.73 Å². The molecule has 0 radical (unpaired) electrons.